The highest BCUT2D eigenvalue weighted by Crippen LogP contribution is 2.20. The number of hydrogen-bond acceptors (Lipinski definition) is 3. The summed E-state index contributed by atoms with van der Waals surface area (Å²) in [5, 5.41) is 3.45. The summed E-state index contributed by atoms with van der Waals surface area (Å²) in [6.45, 7) is 3.16. The van der Waals surface area contributed by atoms with Crippen molar-refractivity contribution in [1.29, 1.82) is 0 Å². The number of unbranched alkanes of at least 4 members (excludes halogenated alkanes) is 2. The van der Waals surface area contributed by atoms with Crippen LogP contribution in [0.2, 0.25) is 5.02 Å². The third-order valence-electron chi connectivity index (χ3n) is 2.77. The van der Waals surface area contributed by atoms with Gasteiger partial charge in [0, 0.05) is 18.1 Å². The summed E-state index contributed by atoms with van der Waals surface area (Å²) in [7, 11) is -1.63. The second-order valence-corrected chi connectivity index (χ2v) is 6.56. The molecule has 0 aliphatic rings. The van der Waals surface area contributed by atoms with Crippen molar-refractivity contribution in [1.82, 2.24) is 10.0 Å². The molecule has 6 heteroatoms. The molecule has 1 rings (SSSR count). The maximum absolute atomic E-state index is 12.0. The van der Waals surface area contributed by atoms with Crippen molar-refractivity contribution in [3.63, 3.8) is 0 Å². The molecule has 0 aromatic heterocycles. The largest absolute Gasteiger partial charge is 0.316 e. The lowest BCUT2D eigenvalue weighted by Crippen LogP contribution is -2.24. The van der Waals surface area contributed by atoms with Crippen molar-refractivity contribution in [3.05, 3.63) is 28.8 Å². The molecule has 108 valence electrons. The average Bonchev–Trinajstić information content (AvgIpc) is 2.37. The van der Waals surface area contributed by atoms with E-state index < -0.39 is 10.0 Å². The molecule has 0 saturated heterocycles. The summed E-state index contributed by atoms with van der Waals surface area (Å²) in [5.74, 6) is 0. The van der Waals surface area contributed by atoms with Gasteiger partial charge in [-0.15, -0.1) is 0 Å². The molecule has 0 radical (unpaired) electrons. The number of sulfonamides is 1. The average molecular weight is 305 g/mol. The van der Waals surface area contributed by atoms with E-state index >= 15 is 0 Å². The molecule has 0 aliphatic heterocycles. The number of halogens is 1. The van der Waals surface area contributed by atoms with E-state index in [0.717, 1.165) is 24.8 Å². The summed E-state index contributed by atoms with van der Waals surface area (Å²) in [6, 6.07) is 4.82. The quantitative estimate of drug-likeness (QED) is 0.726. The van der Waals surface area contributed by atoms with E-state index in [1.807, 2.05) is 7.05 Å². The first kappa shape index (κ1) is 16.4. The Morgan fingerprint density at radius 1 is 1.26 bits per heavy atom. The lowest BCUT2D eigenvalue weighted by atomic mass is 10.2. The summed E-state index contributed by atoms with van der Waals surface area (Å²) < 4.78 is 26.6. The number of benzene rings is 1. The lowest BCUT2D eigenvalue weighted by Gasteiger charge is -2.09. The second kappa shape index (κ2) is 7.85. The molecular formula is C13H21ClN2O2S. The van der Waals surface area contributed by atoms with Crippen LogP contribution in [0.4, 0.5) is 0 Å². The van der Waals surface area contributed by atoms with Crippen molar-refractivity contribution in [3.8, 4) is 0 Å². The van der Waals surface area contributed by atoms with Gasteiger partial charge in [0.1, 0.15) is 0 Å². The van der Waals surface area contributed by atoms with E-state index in [1.165, 1.54) is 6.07 Å². The van der Waals surface area contributed by atoms with E-state index in [1.54, 1.807) is 12.1 Å². The maximum Gasteiger partial charge on any atom is 0.240 e. The Labute approximate surface area is 120 Å². The molecule has 0 spiro atoms. The molecule has 1 aromatic rings. The first-order chi connectivity index (χ1) is 9.01. The van der Waals surface area contributed by atoms with Gasteiger partial charge in [0.25, 0.3) is 0 Å². The zero-order valence-electron chi connectivity index (χ0n) is 11.4. The number of rotatable bonds is 8. The molecular weight excluding hydrogens is 284 g/mol. The van der Waals surface area contributed by atoms with Crippen LogP contribution < -0.4 is 10.0 Å². The molecule has 0 saturated carbocycles. The van der Waals surface area contributed by atoms with E-state index in [4.69, 9.17) is 11.6 Å². The molecule has 19 heavy (non-hydrogen) atoms. The molecule has 2 N–H and O–H groups in total. The van der Waals surface area contributed by atoms with Gasteiger partial charge in [-0.05, 0) is 31.2 Å². The third kappa shape index (κ3) is 5.10. The standard InChI is InChI=1S/C13H21ClN2O2S/c1-3-4-5-8-16-19(17,18)12-7-6-11(10-15-2)13(14)9-12/h6-7,9,15-16H,3-5,8,10H2,1-2H3. The highest BCUT2D eigenvalue weighted by Gasteiger charge is 2.14. The highest BCUT2D eigenvalue weighted by atomic mass is 35.5. The molecule has 0 amide bonds. The van der Waals surface area contributed by atoms with Crippen molar-refractivity contribution in [2.75, 3.05) is 13.6 Å². The van der Waals surface area contributed by atoms with Gasteiger partial charge in [0.2, 0.25) is 10.0 Å². The Balaban J connectivity index is 2.75. The molecule has 0 heterocycles. The lowest BCUT2D eigenvalue weighted by molar-refractivity contribution is 0.576. The van der Waals surface area contributed by atoms with Gasteiger partial charge in [-0.25, -0.2) is 13.1 Å². The molecule has 0 atom stereocenters. The highest BCUT2D eigenvalue weighted by molar-refractivity contribution is 7.89. The van der Waals surface area contributed by atoms with Crippen molar-refractivity contribution in [2.45, 2.75) is 37.6 Å². The van der Waals surface area contributed by atoms with Crippen LogP contribution in [0.5, 0.6) is 0 Å². The van der Waals surface area contributed by atoms with E-state index in [0.29, 0.717) is 18.1 Å². The summed E-state index contributed by atoms with van der Waals surface area (Å²) in [4.78, 5) is 0.217. The number of nitrogens with one attached hydrogen (secondary N) is 2. The van der Waals surface area contributed by atoms with Gasteiger partial charge in [-0.2, -0.15) is 0 Å². The molecule has 4 nitrogen and oxygen atoms in total. The zero-order valence-corrected chi connectivity index (χ0v) is 12.9. The van der Waals surface area contributed by atoms with Crippen LogP contribution in [0, 0.1) is 0 Å². The fourth-order valence-electron chi connectivity index (χ4n) is 1.69. The second-order valence-electron chi connectivity index (χ2n) is 4.39. The summed E-state index contributed by atoms with van der Waals surface area (Å²) in [5.41, 5.74) is 0.883. The Hall–Kier alpha value is -0.620. The Bertz CT molecular complexity index is 503. The van der Waals surface area contributed by atoms with Gasteiger partial charge in [0.05, 0.1) is 4.90 Å². The Kier molecular flexibility index (Phi) is 6.79. The Morgan fingerprint density at radius 2 is 2.00 bits per heavy atom. The SMILES string of the molecule is CCCCCNS(=O)(=O)c1ccc(CNC)c(Cl)c1. The first-order valence-electron chi connectivity index (χ1n) is 6.44. The summed E-state index contributed by atoms with van der Waals surface area (Å²) in [6.07, 6.45) is 2.93. The molecule has 0 unspecified atom stereocenters. The minimum Gasteiger partial charge on any atom is -0.316 e. The predicted octanol–water partition coefficient (Wildman–Crippen LogP) is 2.53. The molecule has 0 bridgehead atoms. The van der Waals surface area contributed by atoms with Crippen LogP contribution in [0.25, 0.3) is 0 Å². The van der Waals surface area contributed by atoms with Crippen LogP contribution in [-0.2, 0) is 16.6 Å². The van der Waals surface area contributed by atoms with Crippen LogP contribution in [0.1, 0.15) is 31.7 Å². The van der Waals surface area contributed by atoms with Crippen molar-refractivity contribution in [2.24, 2.45) is 0 Å². The van der Waals surface area contributed by atoms with Crippen molar-refractivity contribution >= 4 is 21.6 Å². The smallest absolute Gasteiger partial charge is 0.240 e. The minimum absolute atomic E-state index is 0.217. The molecule has 0 aliphatic carbocycles. The van der Waals surface area contributed by atoms with E-state index in [2.05, 4.69) is 17.0 Å². The Morgan fingerprint density at radius 3 is 2.58 bits per heavy atom. The summed E-state index contributed by atoms with van der Waals surface area (Å²) >= 11 is 6.07. The predicted molar refractivity (Wildman–Crippen MR) is 78.9 cm³/mol. The van der Waals surface area contributed by atoms with Gasteiger partial charge >= 0.3 is 0 Å². The van der Waals surface area contributed by atoms with E-state index in [9.17, 15) is 8.42 Å². The van der Waals surface area contributed by atoms with Gasteiger partial charge in [0.15, 0.2) is 0 Å². The van der Waals surface area contributed by atoms with Crippen LogP contribution in [0.15, 0.2) is 23.1 Å². The van der Waals surface area contributed by atoms with Crippen LogP contribution in [0.3, 0.4) is 0 Å². The minimum atomic E-state index is -3.45. The number of hydrogen-bond donors (Lipinski definition) is 2. The van der Waals surface area contributed by atoms with Gasteiger partial charge in [-0.3, -0.25) is 0 Å². The third-order valence-corrected chi connectivity index (χ3v) is 4.59. The zero-order chi connectivity index (χ0) is 14.3. The van der Waals surface area contributed by atoms with Crippen molar-refractivity contribution < 1.29 is 8.42 Å². The normalized spacial score (nSPS) is 11.7. The molecule has 1 aromatic carbocycles. The van der Waals surface area contributed by atoms with Gasteiger partial charge < -0.3 is 5.32 Å². The van der Waals surface area contributed by atoms with Crippen LogP contribution in [-0.4, -0.2) is 22.0 Å². The van der Waals surface area contributed by atoms with Crippen LogP contribution >= 0.6 is 11.6 Å². The fourth-order valence-corrected chi connectivity index (χ4v) is 3.11. The monoisotopic (exact) mass is 304 g/mol. The topological polar surface area (TPSA) is 58.2 Å². The van der Waals surface area contributed by atoms with E-state index in [-0.39, 0.29) is 4.90 Å². The maximum atomic E-state index is 12.0. The van der Waals surface area contributed by atoms with Gasteiger partial charge in [-0.1, -0.05) is 37.4 Å². The molecule has 0 fully saturated rings. The fraction of sp³-hybridized carbons (Fsp3) is 0.538. The first-order valence-corrected chi connectivity index (χ1v) is 8.30.